The zero-order chi connectivity index (χ0) is 18.1. The summed E-state index contributed by atoms with van der Waals surface area (Å²) in [6, 6.07) is 10.9. The Morgan fingerprint density at radius 1 is 1.24 bits per heavy atom. The molecule has 6 nitrogen and oxygen atoms in total. The van der Waals surface area contributed by atoms with Gasteiger partial charge in [0.2, 0.25) is 0 Å². The average Bonchev–Trinajstić information content (AvgIpc) is 3.08. The van der Waals surface area contributed by atoms with E-state index < -0.39 is 6.10 Å². The number of amides is 2. The molecule has 2 aromatic rings. The molecule has 3 N–H and O–H groups in total. The smallest absolute Gasteiger partial charge is 0.319 e. The Balaban J connectivity index is 1.73. The third-order valence-electron chi connectivity index (χ3n) is 3.77. The molecule has 0 aliphatic carbocycles. The van der Waals surface area contributed by atoms with Crippen LogP contribution in [0, 0.1) is 5.92 Å². The highest BCUT2D eigenvalue weighted by Gasteiger charge is 2.09. The molecule has 0 radical (unpaired) electrons. The van der Waals surface area contributed by atoms with Gasteiger partial charge in [-0.15, -0.1) is 0 Å². The van der Waals surface area contributed by atoms with Crippen molar-refractivity contribution in [1.82, 2.24) is 5.32 Å². The number of urea groups is 1. The molecule has 1 aromatic heterocycles. The second kappa shape index (κ2) is 9.86. The van der Waals surface area contributed by atoms with Gasteiger partial charge in [0.25, 0.3) is 0 Å². The molecule has 0 bridgehead atoms. The van der Waals surface area contributed by atoms with Crippen LogP contribution in [0.15, 0.2) is 47.1 Å². The van der Waals surface area contributed by atoms with Crippen LogP contribution >= 0.6 is 0 Å². The number of nitrogens with one attached hydrogen (secondary N) is 2. The number of hydrogen-bond donors (Lipinski definition) is 3. The first kappa shape index (κ1) is 19.0. The van der Waals surface area contributed by atoms with Crippen molar-refractivity contribution in [2.24, 2.45) is 5.92 Å². The highest BCUT2D eigenvalue weighted by atomic mass is 16.5. The molecule has 0 aliphatic heterocycles. The van der Waals surface area contributed by atoms with Crippen molar-refractivity contribution >= 4 is 11.7 Å². The van der Waals surface area contributed by atoms with E-state index in [4.69, 9.17) is 9.15 Å². The number of furan rings is 1. The van der Waals surface area contributed by atoms with Crippen LogP contribution in [-0.4, -0.2) is 23.8 Å². The largest absolute Gasteiger partial charge is 0.467 e. The molecule has 1 aromatic carbocycles. The average molecular weight is 346 g/mol. The summed E-state index contributed by atoms with van der Waals surface area (Å²) < 4.78 is 10.8. The SMILES string of the molecule is CC(C)C(O)CCNC(=O)Nc1cccc(COCc2ccco2)c1. The summed E-state index contributed by atoms with van der Waals surface area (Å²) in [7, 11) is 0. The lowest BCUT2D eigenvalue weighted by molar-refractivity contribution is 0.0930. The number of benzene rings is 1. The van der Waals surface area contributed by atoms with E-state index in [2.05, 4.69) is 10.6 Å². The fourth-order valence-corrected chi connectivity index (χ4v) is 2.25. The number of aliphatic hydroxyl groups is 1. The van der Waals surface area contributed by atoms with Crippen molar-refractivity contribution in [3.63, 3.8) is 0 Å². The summed E-state index contributed by atoms with van der Waals surface area (Å²) in [5.74, 6) is 0.958. The second-order valence-electron chi connectivity index (χ2n) is 6.25. The molecule has 0 fully saturated rings. The molecule has 136 valence electrons. The standard InChI is InChI=1S/C19H26N2O4/c1-14(2)18(22)8-9-20-19(23)21-16-6-3-5-15(11-16)12-24-13-17-7-4-10-25-17/h3-7,10-11,14,18,22H,8-9,12-13H2,1-2H3,(H2,20,21,23). The lowest BCUT2D eigenvalue weighted by Crippen LogP contribution is -2.32. The highest BCUT2D eigenvalue weighted by molar-refractivity contribution is 5.89. The number of aliphatic hydroxyl groups excluding tert-OH is 1. The number of rotatable bonds is 9. The Morgan fingerprint density at radius 2 is 2.08 bits per heavy atom. The third-order valence-corrected chi connectivity index (χ3v) is 3.77. The molecule has 0 aliphatic rings. The van der Waals surface area contributed by atoms with Gasteiger partial charge in [0.05, 0.1) is 19.0 Å². The van der Waals surface area contributed by atoms with E-state index in [9.17, 15) is 9.90 Å². The number of carbonyl (C=O) groups excluding carboxylic acids is 1. The van der Waals surface area contributed by atoms with E-state index >= 15 is 0 Å². The van der Waals surface area contributed by atoms with Crippen LogP contribution in [0.4, 0.5) is 10.5 Å². The van der Waals surface area contributed by atoms with Crippen LogP contribution in [0.3, 0.4) is 0 Å². The van der Waals surface area contributed by atoms with Crippen LogP contribution < -0.4 is 10.6 Å². The minimum absolute atomic E-state index is 0.183. The summed E-state index contributed by atoms with van der Waals surface area (Å²) in [4.78, 5) is 11.9. The van der Waals surface area contributed by atoms with Crippen molar-refractivity contribution in [3.8, 4) is 0 Å². The first-order chi connectivity index (χ1) is 12.0. The van der Waals surface area contributed by atoms with Gasteiger partial charge < -0.3 is 24.9 Å². The fraction of sp³-hybridized carbons (Fsp3) is 0.421. The summed E-state index contributed by atoms with van der Waals surface area (Å²) in [6.45, 7) is 5.16. The predicted octanol–water partition coefficient (Wildman–Crippen LogP) is 3.52. The molecule has 0 saturated carbocycles. The summed E-state index contributed by atoms with van der Waals surface area (Å²) in [5.41, 5.74) is 1.65. The zero-order valence-electron chi connectivity index (χ0n) is 14.7. The van der Waals surface area contributed by atoms with Gasteiger partial charge in [-0.05, 0) is 42.2 Å². The molecular formula is C19H26N2O4. The minimum atomic E-state index is -0.407. The molecule has 2 rings (SSSR count). The van der Waals surface area contributed by atoms with Crippen LogP contribution in [0.1, 0.15) is 31.6 Å². The molecule has 2 amide bonds. The summed E-state index contributed by atoms with van der Waals surface area (Å²) in [6.07, 6.45) is 1.74. The van der Waals surface area contributed by atoms with E-state index in [1.54, 1.807) is 6.26 Å². The lowest BCUT2D eigenvalue weighted by Gasteiger charge is -2.15. The number of carbonyl (C=O) groups is 1. The topological polar surface area (TPSA) is 83.7 Å². The van der Waals surface area contributed by atoms with Crippen LogP contribution in [0.5, 0.6) is 0 Å². The number of ether oxygens (including phenoxy) is 1. The number of anilines is 1. The van der Waals surface area contributed by atoms with Gasteiger partial charge in [-0.25, -0.2) is 4.79 Å². The summed E-state index contributed by atoms with van der Waals surface area (Å²) >= 11 is 0. The molecule has 25 heavy (non-hydrogen) atoms. The Labute approximate surface area is 148 Å². The quantitative estimate of drug-likeness (QED) is 0.648. The van der Waals surface area contributed by atoms with E-state index in [1.807, 2.05) is 50.2 Å². The van der Waals surface area contributed by atoms with Gasteiger partial charge >= 0.3 is 6.03 Å². The van der Waals surface area contributed by atoms with Crippen LogP contribution in [0.25, 0.3) is 0 Å². The van der Waals surface area contributed by atoms with Gasteiger partial charge in [-0.3, -0.25) is 0 Å². The summed E-state index contributed by atoms with van der Waals surface area (Å²) in [5, 5.41) is 15.3. The first-order valence-electron chi connectivity index (χ1n) is 8.46. The number of hydrogen-bond acceptors (Lipinski definition) is 4. The van der Waals surface area contributed by atoms with Crippen molar-refractivity contribution in [1.29, 1.82) is 0 Å². The van der Waals surface area contributed by atoms with E-state index in [1.165, 1.54) is 0 Å². The Morgan fingerprint density at radius 3 is 2.80 bits per heavy atom. The van der Waals surface area contributed by atoms with Crippen LogP contribution in [-0.2, 0) is 18.0 Å². The fourth-order valence-electron chi connectivity index (χ4n) is 2.25. The van der Waals surface area contributed by atoms with Gasteiger partial charge in [0.15, 0.2) is 0 Å². The van der Waals surface area contributed by atoms with Crippen molar-refractivity contribution in [2.75, 3.05) is 11.9 Å². The minimum Gasteiger partial charge on any atom is -0.467 e. The molecule has 1 heterocycles. The van der Waals surface area contributed by atoms with E-state index in [-0.39, 0.29) is 11.9 Å². The van der Waals surface area contributed by atoms with Crippen molar-refractivity contribution in [2.45, 2.75) is 39.6 Å². The predicted molar refractivity (Wildman–Crippen MR) is 96.1 cm³/mol. The Hall–Kier alpha value is -2.31. The Kier molecular flexibility index (Phi) is 7.50. The van der Waals surface area contributed by atoms with Gasteiger partial charge in [-0.1, -0.05) is 26.0 Å². The maximum absolute atomic E-state index is 11.9. The van der Waals surface area contributed by atoms with Gasteiger partial charge in [0.1, 0.15) is 12.4 Å². The molecule has 6 heteroatoms. The molecular weight excluding hydrogens is 320 g/mol. The van der Waals surface area contributed by atoms with Gasteiger partial charge in [0, 0.05) is 12.2 Å². The highest BCUT2D eigenvalue weighted by Crippen LogP contribution is 2.13. The van der Waals surface area contributed by atoms with E-state index in [0.717, 1.165) is 11.3 Å². The lowest BCUT2D eigenvalue weighted by atomic mass is 10.0. The van der Waals surface area contributed by atoms with Crippen molar-refractivity contribution in [3.05, 3.63) is 54.0 Å². The normalized spacial score (nSPS) is 12.2. The second-order valence-corrected chi connectivity index (χ2v) is 6.25. The first-order valence-corrected chi connectivity index (χ1v) is 8.46. The molecule has 0 spiro atoms. The van der Waals surface area contributed by atoms with E-state index in [0.29, 0.717) is 31.9 Å². The van der Waals surface area contributed by atoms with Crippen molar-refractivity contribution < 1.29 is 19.1 Å². The molecule has 1 atom stereocenters. The maximum Gasteiger partial charge on any atom is 0.319 e. The maximum atomic E-state index is 11.9. The molecule has 0 saturated heterocycles. The zero-order valence-corrected chi connectivity index (χ0v) is 14.7. The molecule has 1 unspecified atom stereocenters. The van der Waals surface area contributed by atoms with Gasteiger partial charge in [-0.2, -0.15) is 0 Å². The monoisotopic (exact) mass is 346 g/mol. The van der Waals surface area contributed by atoms with Crippen LogP contribution in [0.2, 0.25) is 0 Å². The third kappa shape index (κ3) is 6.99. The Bertz CT molecular complexity index is 641.